The van der Waals surface area contributed by atoms with Crippen LogP contribution in [0.5, 0.6) is 0 Å². The summed E-state index contributed by atoms with van der Waals surface area (Å²) in [5.41, 5.74) is 0.206. The fourth-order valence-electron chi connectivity index (χ4n) is 2.26. The van der Waals surface area contributed by atoms with Crippen molar-refractivity contribution in [3.8, 4) is 0 Å². The molecule has 0 aliphatic carbocycles. The number of hydrogen-bond acceptors (Lipinski definition) is 3. The second-order valence-corrected chi connectivity index (χ2v) is 5.69. The predicted octanol–water partition coefficient (Wildman–Crippen LogP) is 0.879. The zero-order valence-corrected chi connectivity index (χ0v) is 11.6. The van der Waals surface area contributed by atoms with E-state index in [1.54, 1.807) is 0 Å². The Morgan fingerprint density at radius 1 is 1.53 bits per heavy atom. The van der Waals surface area contributed by atoms with Gasteiger partial charge in [-0.3, -0.25) is 4.79 Å². The molecule has 0 radical (unpaired) electrons. The molecule has 1 aliphatic heterocycles. The first-order valence-electron chi connectivity index (χ1n) is 6.72. The molecule has 1 aliphatic rings. The fourth-order valence-corrected chi connectivity index (χ4v) is 2.26. The number of hydrogen-bond donors (Lipinski definition) is 3. The van der Waals surface area contributed by atoms with Crippen molar-refractivity contribution < 1.29 is 4.79 Å². The quantitative estimate of drug-likeness (QED) is 0.670. The predicted molar refractivity (Wildman–Crippen MR) is 71.0 cm³/mol. The van der Waals surface area contributed by atoms with Crippen molar-refractivity contribution in [2.75, 3.05) is 19.6 Å². The summed E-state index contributed by atoms with van der Waals surface area (Å²) in [6.07, 6.45) is 2.07. The lowest BCUT2D eigenvalue weighted by Crippen LogP contribution is -2.57. The Morgan fingerprint density at radius 3 is 2.82 bits per heavy atom. The summed E-state index contributed by atoms with van der Waals surface area (Å²) in [5.74, 6) is 0.112. The third-order valence-electron chi connectivity index (χ3n) is 3.53. The summed E-state index contributed by atoms with van der Waals surface area (Å²) in [7, 11) is 0. The van der Waals surface area contributed by atoms with Crippen LogP contribution in [0.2, 0.25) is 0 Å². The average Bonchev–Trinajstić information content (AvgIpc) is 2.28. The smallest absolute Gasteiger partial charge is 0.236 e. The Bertz CT molecular complexity index is 253. The molecule has 0 aromatic heterocycles. The van der Waals surface area contributed by atoms with Gasteiger partial charge in [0, 0.05) is 19.1 Å². The van der Waals surface area contributed by atoms with E-state index in [-0.39, 0.29) is 17.4 Å². The molecule has 4 heteroatoms. The molecular weight excluding hydrogens is 214 g/mol. The van der Waals surface area contributed by atoms with Gasteiger partial charge in [-0.15, -0.1) is 0 Å². The van der Waals surface area contributed by atoms with Crippen molar-refractivity contribution in [3.63, 3.8) is 0 Å². The lowest BCUT2D eigenvalue weighted by Gasteiger charge is -2.40. The number of rotatable bonds is 5. The number of nitrogens with one attached hydrogen (secondary N) is 3. The van der Waals surface area contributed by atoms with E-state index in [4.69, 9.17) is 0 Å². The molecular formula is C13H27N3O. The minimum absolute atomic E-state index is 0.107. The molecule has 2 atom stereocenters. The molecule has 17 heavy (non-hydrogen) atoms. The third-order valence-corrected chi connectivity index (χ3v) is 3.53. The largest absolute Gasteiger partial charge is 0.355 e. The van der Waals surface area contributed by atoms with Gasteiger partial charge in [0.05, 0.1) is 6.04 Å². The van der Waals surface area contributed by atoms with Gasteiger partial charge < -0.3 is 16.0 Å². The van der Waals surface area contributed by atoms with E-state index in [9.17, 15) is 4.79 Å². The summed E-state index contributed by atoms with van der Waals surface area (Å²) in [5, 5.41) is 9.80. The monoisotopic (exact) mass is 241 g/mol. The Hall–Kier alpha value is -0.610. The van der Waals surface area contributed by atoms with Crippen molar-refractivity contribution in [1.29, 1.82) is 0 Å². The van der Waals surface area contributed by atoms with Crippen LogP contribution in [0.3, 0.4) is 0 Å². The van der Waals surface area contributed by atoms with Crippen molar-refractivity contribution in [2.24, 2.45) is 5.41 Å². The van der Waals surface area contributed by atoms with Crippen molar-refractivity contribution >= 4 is 5.91 Å². The Kier molecular flexibility index (Phi) is 5.40. The Morgan fingerprint density at radius 2 is 2.24 bits per heavy atom. The molecule has 4 nitrogen and oxygen atoms in total. The molecule has 1 heterocycles. The van der Waals surface area contributed by atoms with Gasteiger partial charge in [-0.25, -0.2) is 0 Å². The summed E-state index contributed by atoms with van der Waals surface area (Å²) in [6, 6.07) is 0.301. The van der Waals surface area contributed by atoms with Crippen molar-refractivity contribution in [1.82, 2.24) is 16.0 Å². The van der Waals surface area contributed by atoms with Crippen LogP contribution in [0, 0.1) is 5.41 Å². The molecule has 0 aromatic carbocycles. The second kappa shape index (κ2) is 6.36. The zero-order valence-electron chi connectivity index (χ0n) is 11.6. The van der Waals surface area contributed by atoms with Crippen molar-refractivity contribution in [2.45, 2.75) is 52.6 Å². The van der Waals surface area contributed by atoms with E-state index < -0.39 is 0 Å². The van der Waals surface area contributed by atoms with Gasteiger partial charge in [0.15, 0.2) is 0 Å². The average molecular weight is 241 g/mol. The topological polar surface area (TPSA) is 53.2 Å². The molecule has 0 aromatic rings. The molecule has 1 saturated heterocycles. The first kappa shape index (κ1) is 14.5. The van der Waals surface area contributed by atoms with E-state index in [0.717, 1.165) is 32.5 Å². The standard InChI is InChI=1S/C13H27N3O/c1-5-7-15-12(17)10(2)16-11-6-8-14-9-13(11,3)4/h10-11,14,16H,5-9H2,1-4H3,(H,15,17). The molecule has 100 valence electrons. The van der Waals surface area contributed by atoms with Gasteiger partial charge in [0.2, 0.25) is 5.91 Å². The van der Waals surface area contributed by atoms with Gasteiger partial charge in [0.1, 0.15) is 0 Å². The van der Waals surface area contributed by atoms with E-state index in [2.05, 4.69) is 36.7 Å². The zero-order chi connectivity index (χ0) is 12.9. The van der Waals surface area contributed by atoms with Gasteiger partial charge in [0.25, 0.3) is 0 Å². The van der Waals surface area contributed by atoms with E-state index >= 15 is 0 Å². The lowest BCUT2D eigenvalue weighted by atomic mass is 9.79. The van der Waals surface area contributed by atoms with Crippen LogP contribution in [0.4, 0.5) is 0 Å². The minimum Gasteiger partial charge on any atom is -0.355 e. The maximum atomic E-state index is 11.8. The van der Waals surface area contributed by atoms with Crippen LogP contribution >= 0.6 is 0 Å². The van der Waals surface area contributed by atoms with Crippen LogP contribution < -0.4 is 16.0 Å². The molecule has 0 spiro atoms. The summed E-state index contributed by atoms with van der Waals surface area (Å²) in [4.78, 5) is 11.8. The summed E-state index contributed by atoms with van der Waals surface area (Å²) >= 11 is 0. The molecule has 1 amide bonds. The van der Waals surface area contributed by atoms with Crippen LogP contribution in [-0.4, -0.2) is 37.6 Å². The SMILES string of the molecule is CCCNC(=O)C(C)NC1CCNCC1(C)C. The minimum atomic E-state index is -0.107. The molecule has 3 N–H and O–H groups in total. The van der Waals surface area contributed by atoms with E-state index in [1.807, 2.05) is 6.92 Å². The number of amides is 1. The summed E-state index contributed by atoms with van der Waals surface area (Å²) in [6.45, 7) is 11.3. The highest BCUT2D eigenvalue weighted by Crippen LogP contribution is 2.25. The van der Waals surface area contributed by atoms with Crippen LogP contribution in [-0.2, 0) is 4.79 Å². The maximum absolute atomic E-state index is 11.8. The molecule has 1 rings (SSSR count). The van der Waals surface area contributed by atoms with E-state index in [0.29, 0.717) is 6.04 Å². The first-order valence-corrected chi connectivity index (χ1v) is 6.72. The van der Waals surface area contributed by atoms with Crippen LogP contribution in [0.1, 0.15) is 40.5 Å². The maximum Gasteiger partial charge on any atom is 0.236 e. The van der Waals surface area contributed by atoms with Crippen LogP contribution in [0.25, 0.3) is 0 Å². The first-order chi connectivity index (χ1) is 7.97. The highest BCUT2D eigenvalue weighted by molar-refractivity contribution is 5.81. The highest BCUT2D eigenvalue weighted by atomic mass is 16.2. The molecule has 0 saturated carbocycles. The van der Waals surface area contributed by atoms with Crippen molar-refractivity contribution in [3.05, 3.63) is 0 Å². The Labute approximate surface area is 105 Å². The number of piperidine rings is 1. The van der Waals surface area contributed by atoms with Gasteiger partial charge in [-0.1, -0.05) is 20.8 Å². The lowest BCUT2D eigenvalue weighted by molar-refractivity contribution is -0.123. The normalized spacial score (nSPS) is 25.3. The van der Waals surface area contributed by atoms with Crippen LogP contribution in [0.15, 0.2) is 0 Å². The van der Waals surface area contributed by atoms with Gasteiger partial charge >= 0.3 is 0 Å². The van der Waals surface area contributed by atoms with E-state index in [1.165, 1.54) is 0 Å². The molecule has 1 fully saturated rings. The number of carbonyl (C=O) groups is 1. The summed E-state index contributed by atoms with van der Waals surface area (Å²) < 4.78 is 0. The number of carbonyl (C=O) groups excluding carboxylic acids is 1. The second-order valence-electron chi connectivity index (χ2n) is 5.69. The fraction of sp³-hybridized carbons (Fsp3) is 0.923. The molecule has 0 bridgehead atoms. The Balaban J connectivity index is 2.43. The van der Waals surface area contributed by atoms with Gasteiger partial charge in [-0.05, 0) is 31.7 Å². The highest BCUT2D eigenvalue weighted by Gasteiger charge is 2.33. The third kappa shape index (κ3) is 4.28. The van der Waals surface area contributed by atoms with Gasteiger partial charge in [-0.2, -0.15) is 0 Å². The molecule has 2 unspecified atom stereocenters.